The smallest absolute Gasteiger partial charge is 0.273 e. The SMILES string of the molecule is O=C(c1csc(-c2ccco2)n1)N1CCN(C2CCCC2O)CC1. The van der Waals surface area contributed by atoms with Crippen LogP contribution in [0.25, 0.3) is 10.8 Å². The van der Waals surface area contributed by atoms with Crippen LogP contribution in [0.4, 0.5) is 0 Å². The maximum absolute atomic E-state index is 12.6. The lowest BCUT2D eigenvalue weighted by molar-refractivity contribution is 0.0313. The van der Waals surface area contributed by atoms with Gasteiger partial charge in [0.05, 0.1) is 12.4 Å². The highest BCUT2D eigenvalue weighted by molar-refractivity contribution is 7.13. The number of aliphatic hydroxyl groups is 1. The first-order chi connectivity index (χ1) is 11.7. The highest BCUT2D eigenvalue weighted by atomic mass is 32.1. The molecule has 1 saturated carbocycles. The molecule has 6 nitrogen and oxygen atoms in total. The molecule has 2 unspecified atom stereocenters. The first kappa shape index (κ1) is 15.8. The van der Waals surface area contributed by atoms with E-state index in [0.717, 1.165) is 37.4 Å². The molecule has 2 fully saturated rings. The van der Waals surface area contributed by atoms with Crippen molar-refractivity contribution in [3.8, 4) is 10.8 Å². The molecule has 2 aliphatic rings. The lowest BCUT2D eigenvalue weighted by atomic mass is 10.1. The molecule has 128 valence electrons. The second kappa shape index (κ2) is 6.66. The topological polar surface area (TPSA) is 69.8 Å². The second-order valence-electron chi connectivity index (χ2n) is 6.41. The molecule has 0 aromatic carbocycles. The number of rotatable bonds is 3. The Balaban J connectivity index is 1.38. The van der Waals surface area contributed by atoms with Crippen molar-refractivity contribution in [2.24, 2.45) is 0 Å². The Bertz CT molecular complexity index is 692. The minimum atomic E-state index is -0.207. The van der Waals surface area contributed by atoms with Gasteiger partial charge in [-0.2, -0.15) is 0 Å². The summed E-state index contributed by atoms with van der Waals surface area (Å²) in [7, 11) is 0. The third kappa shape index (κ3) is 2.99. The van der Waals surface area contributed by atoms with Crippen LogP contribution in [-0.2, 0) is 0 Å². The van der Waals surface area contributed by atoms with Gasteiger partial charge in [-0.1, -0.05) is 0 Å². The second-order valence-corrected chi connectivity index (χ2v) is 7.27. The van der Waals surface area contributed by atoms with Crippen LogP contribution in [0.3, 0.4) is 0 Å². The predicted octanol–water partition coefficient (Wildman–Crippen LogP) is 2.07. The Morgan fingerprint density at radius 1 is 1.29 bits per heavy atom. The van der Waals surface area contributed by atoms with Crippen molar-refractivity contribution in [1.29, 1.82) is 0 Å². The van der Waals surface area contributed by atoms with Gasteiger partial charge in [0, 0.05) is 37.6 Å². The molecule has 2 aromatic heterocycles. The standard InChI is InChI=1S/C17H21N3O3S/c21-14-4-1-3-13(14)19-6-8-20(9-7-19)17(22)12-11-24-16(18-12)15-5-2-10-23-15/h2,5,10-11,13-14,21H,1,3-4,6-9H2. The lowest BCUT2D eigenvalue weighted by Gasteiger charge is -2.38. The molecule has 1 aliphatic heterocycles. The van der Waals surface area contributed by atoms with Gasteiger partial charge in [0.1, 0.15) is 5.69 Å². The minimum absolute atomic E-state index is 0.0179. The zero-order valence-electron chi connectivity index (χ0n) is 13.4. The summed E-state index contributed by atoms with van der Waals surface area (Å²) in [6, 6.07) is 3.93. The van der Waals surface area contributed by atoms with Gasteiger partial charge in [0.2, 0.25) is 0 Å². The Morgan fingerprint density at radius 2 is 2.12 bits per heavy atom. The van der Waals surface area contributed by atoms with Crippen LogP contribution in [0.2, 0.25) is 0 Å². The van der Waals surface area contributed by atoms with Gasteiger partial charge in [0.25, 0.3) is 5.91 Å². The van der Waals surface area contributed by atoms with Gasteiger partial charge in [-0.15, -0.1) is 11.3 Å². The van der Waals surface area contributed by atoms with Crippen molar-refractivity contribution in [3.63, 3.8) is 0 Å². The summed E-state index contributed by atoms with van der Waals surface area (Å²) in [6.45, 7) is 3.02. The van der Waals surface area contributed by atoms with Crippen LogP contribution < -0.4 is 0 Å². The minimum Gasteiger partial charge on any atom is -0.462 e. The van der Waals surface area contributed by atoms with Crippen LogP contribution in [0, 0.1) is 0 Å². The van der Waals surface area contributed by atoms with Crippen molar-refractivity contribution < 1.29 is 14.3 Å². The summed E-state index contributed by atoms with van der Waals surface area (Å²) in [5.74, 6) is 0.676. The summed E-state index contributed by atoms with van der Waals surface area (Å²) >= 11 is 1.43. The molecule has 0 bridgehead atoms. The summed E-state index contributed by atoms with van der Waals surface area (Å²) in [4.78, 5) is 21.3. The summed E-state index contributed by atoms with van der Waals surface area (Å²) in [5, 5.41) is 12.6. The molecule has 1 aliphatic carbocycles. The molecule has 1 amide bonds. The normalized spacial score (nSPS) is 25.3. The van der Waals surface area contributed by atoms with Crippen molar-refractivity contribution in [1.82, 2.24) is 14.8 Å². The van der Waals surface area contributed by atoms with Crippen molar-refractivity contribution in [3.05, 3.63) is 29.5 Å². The molecule has 7 heteroatoms. The van der Waals surface area contributed by atoms with E-state index in [0.29, 0.717) is 24.5 Å². The molecule has 1 N–H and O–H groups in total. The Kier molecular flexibility index (Phi) is 4.39. The van der Waals surface area contributed by atoms with E-state index in [4.69, 9.17) is 4.42 Å². The van der Waals surface area contributed by atoms with Crippen molar-refractivity contribution in [2.45, 2.75) is 31.4 Å². The van der Waals surface area contributed by atoms with Crippen LogP contribution in [0.1, 0.15) is 29.8 Å². The molecule has 0 radical (unpaired) electrons. The number of hydrogen-bond acceptors (Lipinski definition) is 6. The van der Waals surface area contributed by atoms with Gasteiger partial charge in [-0.3, -0.25) is 9.69 Å². The Labute approximate surface area is 144 Å². The monoisotopic (exact) mass is 347 g/mol. The maximum atomic E-state index is 12.6. The van der Waals surface area contributed by atoms with E-state index in [1.165, 1.54) is 11.3 Å². The molecule has 0 spiro atoms. The highest BCUT2D eigenvalue weighted by Crippen LogP contribution is 2.27. The number of aliphatic hydroxyl groups excluding tert-OH is 1. The molecular weight excluding hydrogens is 326 g/mol. The van der Waals surface area contributed by atoms with Gasteiger partial charge in [0.15, 0.2) is 10.8 Å². The molecule has 2 aromatic rings. The molecular formula is C17H21N3O3S. The molecule has 4 rings (SSSR count). The number of thiazole rings is 1. The average molecular weight is 347 g/mol. The zero-order valence-corrected chi connectivity index (χ0v) is 14.2. The van der Waals surface area contributed by atoms with Crippen LogP contribution in [0.5, 0.6) is 0 Å². The van der Waals surface area contributed by atoms with Gasteiger partial charge >= 0.3 is 0 Å². The number of piperazine rings is 1. The highest BCUT2D eigenvalue weighted by Gasteiger charge is 2.33. The fourth-order valence-corrected chi connectivity index (χ4v) is 4.41. The third-order valence-electron chi connectivity index (χ3n) is 4.97. The number of amides is 1. The number of hydrogen-bond donors (Lipinski definition) is 1. The summed E-state index contributed by atoms with van der Waals surface area (Å²) in [5.41, 5.74) is 0.487. The van der Waals surface area contributed by atoms with E-state index in [1.807, 2.05) is 17.0 Å². The maximum Gasteiger partial charge on any atom is 0.273 e. The number of carbonyl (C=O) groups is 1. The summed E-state index contributed by atoms with van der Waals surface area (Å²) in [6.07, 6.45) is 4.46. The van der Waals surface area contributed by atoms with Crippen molar-refractivity contribution in [2.75, 3.05) is 26.2 Å². The largest absolute Gasteiger partial charge is 0.462 e. The number of aromatic nitrogens is 1. The van der Waals surface area contributed by atoms with Crippen molar-refractivity contribution >= 4 is 17.2 Å². The Morgan fingerprint density at radius 3 is 2.79 bits per heavy atom. The fourth-order valence-electron chi connectivity index (χ4n) is 3.65. The third-order valence-corrected chi connectivity index (χ3v) is 5.83. The average Bonchev–Trinajstić information content (AvgIpc) is 3.35. The molecule has 1 saturated heterocycles. The summed E-state index contributed by atoms with van der Waals surface area (Å²) < 4.78 is 5.33. The first-order valence-corrected chi connectivity index (χ1v) is 9.31. The zero-order chi connectivity index (χ0) is 16.5. The fraction of sp³-hybridized carbons (Fsp3) is 0.529. The van der Waals surface area contributed by atoms with Crippen LogP contribution >= 0.6 is 11.3 Å². The van der Waals surface area contributed by atoms with Crippen LogP contribution in [0.15, 0.2) is 28.2 Å². The van der Waals surface area contributed by atoms with E-state index in [-0.39, 0.29) is 18.1 Å². The van der Waals surface area contributed by atoms with Crippen LogP contribution in [-0.4, -0.2) is 64.1 Å². The van der Waals surface area contributed by atoms with E-state index in [9.17, 15) is 9.90 Å². The quantitative estimate of drug-likeness (QED) is 0.920. The predicted molar refractivity (Wildman–Crippen MR) is 90.9 cm³/mol. The van der Waals surface area contributed by atoms with Gasteiger partial charge in [-0.25, -0.2) is 4.98 Å². The lowest BCUT2D eigenvalue weighted by Crippen LogP contribution is -2.53. The van der Waals surface area contributed by atoms with E-state index < -0.39 is 0 Å². The molecule has 2 atom stereocenters. The molecule has 3 heterocycles. The van der Waals surface area contributed by atoms with Gasteiger partial charge in [-0.05, 0) is 31.4 Å². The number of furan rings is 1. The van der Waals surface area contributed by atoms with E-state index in [1.54, 1.807) is 11.6 Å². The Hall–Kier alpha value is -1.70. The number of carbonyl (C=O) groups excluding carboxylic acids is 1. The van der Waals surface area contributed by atoms with Gasteiger partial charge < -0.3 is 14.4 Å². The molecule has 24 heavy (non-hydrogen) atoms. The van der Waals surface area contributed by atoms with E-state index in [2.05, 4.69) is 9.88 Å². The number of nitrogens with zero attached hydrogens (tertiary/aromatic N) is 3. The first-order valence-electron chi connectivity index (χ1n) is 8.43. The van der Waals surface area contributed by atoms with E-state index >= 15 is 0 Å².